The van der Waals surface area contributed by atoms with Crippen LogP contribution in [-0.2, 0) is 0 Å². The molecule has 1 N–H and O–H groups in total. The largest absolute Gasteiger partial charge is 0.673 e. The van der Waals surface area contributed by atoms with Gasteiger partial charge in [0.2, 0.25) is 5.39 Å². The van der Waals surface area contributed by atoms with E-state index < -0.39 is 7.25 Å². The maximum absolute atomic E-state index is 9.75. The van der Waals surface area contributed by atoms with Gasteiger partial charge in [-0.15, -0.1) is 0 Å². The molecule has 1 aromatic heterocycles. The van der Waals surface area contributed by atoms with Crippen molar-refractivity contribution in [1.82, 2.24) is 4.98 Å². The van der Waals surface area contributed by atoms with Crippen LogP contribution < -0.4 is 5.39 Å². The highest BCUT2D eigenvalue weighted by Gasteiger charge is 2.20. The van der Waals surface area contributed by atoms with Gasteiger partial charge in [0, 0.05) is 11.6 Å². The monoisotopic (exact) mass is 245 g/mol. The third-order valence-corrected chi connectivity index (χ3v) is 1.51. The molecule has 1 heterocycles. The maximum atomic E-state index is 9.75. The van der Waals surface area contributed by atoms with E-state index in [1.807, 2.05) is 30.5 Å². The third kappa shape index (κ3) is 7.73. The van der Waals surface area contributed by atoms with E-state index in [2.05, 4.69) is 17.1 Å². The third-order valence-electron chi connectivity index (χ3n) is 1.51. The van der Waals surface area contributed by atoms with Crippen LogP contribution in [0.2, 0.25) is 0 Å². The Balaban J connectivity index is 0.000000315. The molecule has 0 radical (unpaired) electrons. The fraction of sp³-hybridized carbons (Fsp3) is 0. The number of para-hydroxylation sites is 1. The molecule has 0 aliphatic carbocycles. The highest BCUT2D eigenvalue weighted by Crippen LogP contribution is 2.08. The van der Waals surface area contributed by atoms with Crippen LogP contribution in [0.25, 0.3) is 10.9 Å². The molecule has 3 nitrogen and oxygen atoms in total. The predicted octanol–water partition coefficient (Wildman–Crippen LogP) is 1.81. The average molecular weight is 245 g/mol. The summed E-state index contributed by atoms with van der Waals surface area (Å²) in [4.78, 5) is 4.18. The first-order chi connectivity index (χ1) is 7.97. The topological polar surface area (TPSA) is 60.5 Å². The van der Waals surface area contributed by atoms with Crippen LogP contribution in [0.15, 0.2) is 42.6 Å². The molecule has 0 spiro atoms. The smallest absolute Gasteiger partial charge is 0.418 e. The van der Waals surface area contributed by atoms with E-state index in [4.69, 9.17) is 10.8 Å². The number of rotatable bonds is 0. The van der Waals surface area contributed by atoms with Gasteiger partial charge in [-0.25, -0.2) is 0 Å². The normalized spacial score (nSPS) is 9.53. The summed E-state index contributed by atoms with van der Waals surface area (Å²) in [5.74, 6) is 0. The Morgan fingerprint density at radius 2 is 1.41 bits per heavy atom. The summed E-state index contributed by atoms with van der Waals surface area (Å²) in [5.41, 5.74) is 1.06. The van der Waals surface area contributed by atoms with E-state index in [9.17, 15) is 17.3 Å². The summed E-state index contributed by atoms with van der Waals surface area (Å²) in [6.45, 7) is 0. The van der Waals surface area contributed by atoms with Crippen LogP contribution in [0.3, 0.4) is 0 Å². The Labute approximate surface area is 94.6 Å². The lowest BCUT2D eigenvalue weighted by atomic mass is 10.2. The summed E-state index contributed by atoms with van der Waals surface area (Å²) in [5, 5.41) is 12.2. The molecule has 0 fully saturated rings. The van der Waals surface area contributed by atoms with Gasteiger partial charge in [-0.2, -0.15) is 0 Å². The molecule has 90 valence electrons. The van der Waals surface area contributed by atoms with Crippen LogP contribution in [-0.4, -0.2) is 12.2 Å². The van der Waals surface area contributed by atoms with E-state index in [0.29, 0.717) is 0 Å². The predicted molar refractivity (Wildman–Crippen MR) is 54.6 cm³/mol. The number of halogens is 4. The van der Waals surface area contributed by atoms with E-state index in [-0.39, 0.29) is 0 Å². The second-order valence-corrected chi connectivity index (χ2v) is 2.69. The molecule has 0 aliphatic rings. The molecule has 0 unspecified atom stereocenters. The highest BCUT2D eigenvalue weighted by atomic mass is 19.5. The number of pyridine rings is 1. The van der Waals surface area contributed by atoms with Crippen molar-refractivity contribution in [3.05, 3.63) is 42.6 Å². The van der Waals surface area contributed by atoms with Gasteiger partial charge in [0.1, 0.15) is 0 Å². The van der Waals surface area contributed by atoms with Crippen molar-refractivity contribution in [1.29, 1.82) is 5.39 Å². The van der Waals surface area contributed by atoms with Crippen LogP contribution in [0.1, 0.15) is 0 Å². The Bertz CT molecular complexity index is 401. The lowest BCUT2D eigenvalue weighted by Crippen LogP contribution is -2.11. The van der Waals surface area contributed by atoms with Crippen molar-refractivity contribution in [3.63, 3.8) is 0 Å². The summed E-state index contributed by atoms with van der Waals surface area (Å²) in [7, 11) is -6.00. The van der Waals surface area contributed by atoms with Gasteiger partial charge in [0.15, 0.2) is 0 Å². The molecule has 0 bridgehead atoms. The summed E-state index contributed by atoms with van der Waals surface area (Å²) in [6.07, 6.45) is 1.81. The molecule has 0 amide bonds. The number of nitrogens with zero attached hydrogens (tertiary/aromatic N) is 2. The molecule has 0 atom stereocenters. The first-order valence-corrected chi connectivity index (χ1v) is 4.36. The van der Waals surface area contributed by atoms with Gasteiger partial charge >= 0.3 is 7.25 Å². The zero-order valence-corrected chi connectivity index (χ0v) is 8.53. The summed E-state index contributed by atoms with van der Waals surface area (Å²) < 4.78 is 39.0. The quantitative estimate of drug-likeness (QED) is 0.437. The number of nitrogens with one attached hydrogen (secondary N) is 1. The van der Waals surface area contributed by atoms with E-state index >= 15 is 0 Å². The lowest BCUT2D eigenvalue weighted by molar-refractivity contribution is -0.175. The fourth-order valence-corrected chi connectivity index (χ4v) is 1.02. The first kappa shape index (κ1) is 14.8. The van der Waals surface area contributed by atoms with E-state index in [1.54, 1.807) is 0 Å². The van der Waals surface area contributed by atoms with Crippen LogP contribution in [0, 0.1) is 5.39 Å². The number of diazo groups is 1. The average Bonchev–Trinajstić information content (AvgIpc) is 2.30. The van der Waals surface area contributed by atoms with E-state index in [0.717, 1.165) is 5.52 Å². The molecule has 1 aromatic carbocycles. The number of aromatic nitrogens is 1. The standard InChI is InChI=1S/C9H7N.BF4.N2/c1-2-6-9-8(4-1)5-3-7-10-9;2-1(3,4)5;1-2/h1-7H;;/q;-1;/p+1. The molecule has 0 saturated heterocycles. The molecular formula is C9H8BF4N3. The zero-order valence-electron chi connectivity index (χ0n) is 8.53. The second kappa shape index (κ2) is 7.17. The molecule has 0 aliphatic heterocycles. The lowest BCUT2D eigenvalue weighted by Gasteiger charge is -1.94. The molecule has 0 saturated carbocycles. The Kier molecular flexibility index (Phi) is 6.25. The molecule has 2 rings (SSSR count). The SMILES string of the molecule is F[B-](F)(F)F.N#[NH+].c1ccc2ncccc2c1. The second-order valence-electron chi connectivity index (χ2n) is 2.69. The number of fused-ring (bicyclic) bond motifs is 1. The van der Waals surface area contributed by atoms with Crippen molar-refractivity contribution in [2.75, 3.05) is 0 Å². The number of hydrogen-bond donors (Lipinski definition) is 1. The van der Waals surface area contributed by atoms with Crippen molar-refractivity contribution in [3.8, 4) is 0 Å². The summed E-state index contributed by atoms with van der Waals surface area (Å²) >= 11 is 0. The van der Waals surface area contributed by atoms with Gasteiger partial charge in [0.05, 0.1) is 10.9 Å². The highest BCUT2D eigenvalue weighted by molar-refractivity contribution is 6.50. The van der Waals surface area contributed by atoms with Crippen LogP contribution in [0.5, 0.6) is 0 Å². The summed E-state index contributed by atoms with van der Waals surface area (Å²) in [6, 6.07) is 12.1. The maximum Gasteiger partial charge on any atom is 0.673 e. The molecular weight excluding hydrogens is 237 g/mol. The van der Waals surface area contributed by atoms with Crippen molar-refractivity contribution in [2.24, 2.45) is 0 Å². The van der Waals surface area contributed by atoms with Gasteiger partial charge < -0.3 is 17.3 Å². The van der Waals surface area contributed by atoms with Crippen LogP contribution >= 0.6 is 0 Å². The fourth-order valence-electron chi connectivity index (χ4n) is 1.02. The van der Waals surface area contributed by atoms with Gasteiger partial charge in [-0.3, -0.25) is 4.98 Å². The van der Waals surface area contributed by atoms with Gasteiger partial charge in [-0.05, 0) is 12.1 Å². The van der Waals surface area contributed by atoms with E-state index in [1.165, 1.54) is 5.39 Å². The Morgan fingerprint density at radius 1 is 0.941 bits per heavy atom. The van der Waals surface area contributed by atoms with Crippen molar-refractivity contribution in [2.45, 2.75) is 0 Å². The van der Waals surface area contributed by atoms with Gasteiger partial charge in [0.25, 0.3) is 0 Å². The van der Waals surface area contributed by atoms with Crippen molar-refractivity contribution < 1.29 is 22.7 Å². The minimum absolute atomic E-state index is 1.06. The molecule has 8 heteroatoms. The first-order valence-electron chi connectivity index (χ1n) is 4.36. The molecule has 2 aromatic rings. The van der Waals surface area contributed by atoms with Crippen LogP contribution in [0.4, 0.5) is 17.3 Å². The Morgan fingerprint density at radius 3 is 1.94 bits per heavy atom. The minimum Gasteiger partial charge on any atom is -0.418 e. The zero-order chi connectivity index (χ0) is 13.3. The number of benzene rings is 1. The van der Waals surface area contributed by atoms with Crippen molar-refractivity contribution >= 4 is 18.2 Å². The van der Waals surface area contributed by atoms with Gasteiger partial charge in [-0.1, -0.05) is 24.3 Å². The number of hydrogen-bond acceptors (Lipinski definition) is 2. The molecule has 17 heavy (non-hydrogen) atoms. The Hall–Kier alpha value is -2.17. The minimum atomic E-state index is -6.00.